The van der Waals surface area contributed by atoms with Crippen LogP contribution in [0.3, 0.4) is 0 Å². The number of hydrogen-bond acceptors (Lipinski definition) is 4. The van der Waals surface area contributed by atoms with E-state index in [9.17, 15) is 9.90 Å². The highest BCUT2D eigenvalue weighted by molar-refractivity contribution is 5.89. The van der Waals surface area contributed by atoms with E-state index in [0.717, 1.165) is 50.4 Å². The first-order valence-corrected chi connectivity index (χ1v) is 10.0. The first-order chi connectivity index (χ1) is 15.6. The minimum atomic E-state index is -1.10. The molecule has 2 aliphatic heterocycles. The zero-order valence-corrected chi connectivity index (χ0v) is 16.7. The lowest BCUT2D eigenvalue weighted by Crippen LogP contribution is -1.91. The average Bonchev–Trinajstić information content (AvgIpc) is 3.56. The molecule has 32 heavy (non-hydrogen) atoms. The predicted octanol–water partition coefficient (Wildman–Crippen LogP) is 5.61. The number of carboxylic acids is 1. The fourth-order valence-corrected chi connectivity index (χ4v) is 3.82. The summed E-state index contributed by atoms with van der Waals surface area (Å²) in [7, 11) is 0. The van der Waals surface area contributed by atoms with E-state index in [0.29, 0.717) is 5.76 Å². The molecule has 0 amide bonds. The summed E-state index contributed by atoms with van der Waals surface area (Å²) >= 11 is 0. The van der Waals surface area contributed by atoms with Crippen LogP contribution in [-0.2, 0) is 0 Å². The van der Waals surface area contributed by atoms with Crippen molar-refractivity contribution in [1.82, 2.24) is 19.9 Å². The molecule has 7 heteroatoms. The number of aromatic amines is 2. The summed E-state index contributed by atoms with van der Waals surface area (Å²) in [6, 6.07) is 16.8. The lowest BCUT2D eigenvalue weighted by Gasteiger charge is -1.93. The van der Waals surface area contributed by atoms with Gasteiger partial charge in [-0.25, -0.2) is 14.8 Å². The van der Waals surface area contributed by atoms with Gasteiger partial charge in [0.2, 0.25) is 5.76 Å². The summed E-state index contributed by atoms with van der Waals surface area (Å²) < 4.78 is 5.56. The smallest absolute Gasteiger partial charge is 0.371 e. The van der Waals surface area contributed by atoms with Gasteiger partial charge in [-0.05, 0) is 78.9 Å². The Balaban J connectivity index is 1.65. The number of rotatable bonds is 2. The molecule has 4 aromatic heterocycles. The zero-order chi connectivity index (χ0) is 21.7. The summed E-state index contributed by atoms with van der Waals surface area (Å²) in [4.78, 5) is 27.3. The van der Waals surface area contributed by atoms with Crippen LogP contribution in [0.25, 0.3) is 57.7 Å². The van der Waals surface area contributed by atoms with Gasteiger partial charge in [0.1, 0.15) is 5.76 Å². The van der Waals surface area contributed by atoms with Crippen LogP contribution in [0.5, 0.6) is 0 Å². The van der Waals surface area contributed by atoms with Gasteiger partial charge >= 0.3 is 5.97 Å². The van der Waals surface area contributed by atoms with Crippen LogP contribution < -0.4 is 0 Å². The fraction of sp³-hybridized carbons (Fsp3) is 0. The molecule has 6 rings (SSSR count). The quantitative estimate of drug-likeness (QED) is 0.337. The van der Waals surface area contributed by atoms with Crippen LogP contribution in [0.2, 0.25) is 0 Å². The number of H-pyrrole nitrogens is 2. The highest BCUT2D eigenvalue weighted by Gasteiger charge is 2.13. The molecule has 0 fully saturated rings. The van der Waals surface area contributed by atoms with Gasteiger partial charge in [-0.1, -0.05) is 0 Å². The molecule has 0 saturated heterocycles. The Labute approximate surface area is 181 Å². The number of carboxylic acid groups (broad SMARTS) is 1. The molecule has 0 spiro atoms. The molecule has 0 unspecified atom stereocenters. The maximum Gasteiger partial charge on any atom is 0.371 e. The maximum absolute atomic E-state index is 11.3. The van der Waals surface area contributed by atoms with Crippen LogP contribution in [0.1, 0.15) is 33.3 Å². The molecule has 7 nitrogen and oxygen atoms in total. The first kappa shape index (κ1) is 18.1. The van der Waals surface area contributed by atoms with E-state index in [2.05, 4.69) is 19.9 Å². The molecule has 0 atom stereocenters. The number of aromatic nitrogens is 4. The maximum atomic E-state index is 11.3. The van der Waals surface area contributed by atoms with Crippen molar-refractivity contribution in [1.29, 1.82) is 0 Å². The van der Waals surface area contributed by atoms with E-state index < -0.39 is 5.97 Å². The average molecular weight is 420 g/mol. The van der Waals surface area contributed by atoms with Crippen molar-refractivity contribution in [3.8, 4) is 11.3 Å². The third-order valence-electron chi connectivity index (χ3n) is 5.25. The molecule has 154 valence electrons. The van der Waals surface area contributed by atoms with Gasteiger partial charge in [-0.3, -0.25) is 0 Å². The Morgan fingerprint density at radius 3 is 2.06 bits per heavy atom. The third-order valence-corrected chi connectivity index (χ3v) is 5.25. The Morgan fingerprint density at radius 2 is 1.38 bits per heavy atom. The van der Waals surface area contributed by atoms with Gasteiger partial charge in [0.15, 0.2) is 0 Å². The van der Waals surface area contributed by atoms with Crippen LogP contribution in [0, 0.1) is 0 Å². The van der Waals surface area contributed by atoms with Gasteiger partial charge in [-0.15, -0.1) is 0 Å². The lowest BCUT2D eigenvalue weighted by molar-refractivity contribution is 0.0663. The Kier molecular flexibility index (Phi) is 3.94. The second-order valence-corrected chi connectivity index (χ2v) is 7.56. The molecule has 0 saturated carbocycles. The summed E-state index contributed by atoms with van der Waals surface area (Å²) in [5.74, 6) is -0.744. The van der Waals surface area contributed by atoms with Crippen LogP contribution in [0.4, 0.5) is 0 Å². The zero-order valence-electron chi connectivity index (χ0n) is 16.7. The molecular formula is C25H16N4O3. The highest BCUT2D eigenvalue weighted by Crippen LogP contribution is 2.29. The second-order valence-electron chi connectivity index (χ2n) is 7.56. The number of aromatic carboxylic acids is 1. The van der Waals surface area contributed by atoms with Crippen molar-refractivity contribution >= 4 is 52.3 Å². The summed E-state index contributed by atoms with van der Waals surface area (Å²) in [5, 5.41) is 9.23. The predicted molar refractivity (Wildman–Crippen MR) is 124 cm³/mol. The number of hydrogen-bond donors (Lipinski definition) is 3. The molecule has 2 aliphatic rings. The van der Waals surface area contributed by atoms with Gasteiger partial charge in [0, 0.05) is 22.1 Å². The SMILES string of the molecule is O=C(O)c1ccc(-c2cc3cc4ccc(cc5nc(cc6nc(cc2[nH]3)C=C6)C=C5)[nH]4)o1. The standard InChI is InChI=1S/C25H16N4O3/c30-25(31)24-8-7-23(32-24)21-12-20-11-18-4-3-16(27-18)9-14-1-2-15(26-14)10-17-5-6-19(28-17)13-22(21)29-20/h1-13,27,29H,(H,30,31). The minimum absolute atomic E-state index is 0.106. The monoisotopic (exact) mass is 420 g/mol. The van der Waals surface area contributed by atoms with Gasteiger partial charge in [0.05, 0.1) is 28.3 Å². The number of carbonyl (C=O) groups is 1. The van der Waals surface area contributed by atoms with Crippen molar-refractivity contribution in [3.05, 3.63) is 83.1 Å². The van der Waals surface area contributed by atoms with E-state index in [1.165, 1.54) is 6.07 Å². The van der Waals surface area contributed by atoms with Crippen molar-refractivity contribution < 1.29 is 14.3 Å². The number of nitrogens with zero attached hydrogens (tertiary/aromatic N) is 2. The van der Waals surface area contributed by atoms with Crippen molar-refractivity contribution in [2.45, 2.75) is 0 Å². The normalized spacial score (nSPS) is 12.4. The molecule has 0 radical (unpaired) electrons. The molecule has 0 aromatic carbocycles. The number of nitrogens with one attached hydrogen (secondary N) is 2. The molecule has 4 aromatic rings. The van der Waals surface area contributed by atoms with Crippen LogP contribution in [-0.4, -0.2) is 31.0 Å². The molecule has 0 aliphatic carbocycles. The van der Waals surface area contributed by atoms with Crippen molar-refractivity contribution in [2.75, 3.05) is 0 Å². The topological polar surface area (TPSA) is 108 Å². The van der Waals surface area contributed by atoms with E-state index in [1.807, 2.05) is 66.8 Å². The Morgan fingerprint density at radius 1 is 0.719 bits per heavy atom. The number of furan rings is 1. The summed E-state index contributed by atoms with van der Waals surface area (Å²) in [5.41, 5.74) is 7.50. The largest absolute Gasteiger partial charge is 0.475 e. The van der Waals surface area contributed by atoms with E-state index in [4.69, 9.17) is 4.42 Å². The van der Waals surface area contributed by atoms with Crippen molar-refractivity contribution in [3.63, 3.8) is 0 Å². The van der Waals surface area contributed by atoms with Gasteiger partial charge in [-0.2, -0.15) is 0 Å². The fourth-order valence-electron chi connectivity index (χ4n) is 3.82. The molecule has 8 bridgehead atoms. The third kappa shape index (κ3) is 3.31. The summed E-state index contributed by atoms with van der Waals surface area (Å²) in [6.07, 6.45) is 7.80. The highest BCUT2D eigenvalue weighted by atomic mass is 16.4. The number of fused-ring (bicyclic) bond motifs is 8. The lowest BCUT2D eigenvalue weighted by atomic mass is 10.2. The van der Waals surface area contributed by atoms with Gasteiger partial charge < -0.3 is 19.5 Å². The van der Waals surface area contributed by atoms with Crippen LogP contribution in [0.15, 0.2) is 59.0 Å². The second kappa shape index (κ2) is 6.95. The first-order valence-electron chi connectivity index (χ1n) is 10.0. The van der Waals surface area contributed by atoms with Crippen LogP contribution >= 0.6 is 0 Å². The Bertz CT molecular complexity index is 1610. The summed E-state index contributed by atoms with van der Waals surface area (Å²) in [6.45, 7) is 0. The molecular weight excluding hydrogens is 404 g/mol. The van der Waals surface area contributed by atoms with Crippen molar-refractivity contribution in [2.24, 2.45) is 0 Å². The molecule has 3 N–H and O–H groups in total. The van der Waals surface area contributed by atoms with E-state index >= 15 is 0 Å². The molecule has 6 heterocycles. The van der Waals surface area contributed by atoms with Gasteiger partial charge in [0.25, 0.3) is 0 Å². The van der Waals surface area contributed by atoms with E-state index in [-0.39, 0.29) is 5.76 Å². The minimum Gasteiger partial charge on any atom is -0.475 e. The Hall–Kier alpha value is -4.65. The van der Waals surface area contributed by atoms with E-state index in [1.54, 1.807) is 6.07 Å².